The third-order valence-electron chi connectivity index (χ3n) is 3.90. The standard InChI is InChI=1S/C14H15NO3S/c16-13(17)6-4-11-3-5-12(19-11)14(18)15-8-9-1-2-10(15)7-9/h3-6,9-10H,1-2,7-8H2,(H,16,17). The van der Waals surface area contributed by atoms with E-state index in [9.17, 15) is 9.59 Å². The lowest BCUT2D eigenvalue weighted by Gasteiger charge is -2.26. The summed E-state index contributed by atoms with van der Waals surface area (Å²) in [6.45, 7) is 0.891. The summed E-state index contributed by atoms with van der Waals surface area (Å²) in [7, 11) is 0. The van der Waals surface area contributed by atoms with Crippen LogP contribution in [0.2, 0.25) is 0 Å². The highest BCUT2D eigenvalue weighted by Gasteiger charge is 2.40. The summed E-state index contributed by atoms with van der Waals surface area (Å²) in [5.41, 5.74) is 0. The van der Waals surface area contributed by atoms with E-state index in [0.717, 1.165) is 30.3 Å². The summed E-state index contributed by atoms with van der Waals surface area (Å²) < 4.78 is 0. The van der Waals surface area contributed by atoms with Gasteiger partial charge in [-0.3, -0.25) is 4.79 Å². The van der Waals surface area contributed by atoms with Gasteiger partial charge in [-0.2, -0.15) is 0 Å². The molecule has 1 saturated heterocycles. The molecule has 0 aromatic carbocycles. The van der Waals surface area contributed by atoms with Crippen LogP contribution < -0.4 is 0 Å². The molecule has 100 valence electrons. The number of rotatable bonds is 3. The molecule has 0 spiro atoms. The average Bonchev–Trinajstić information content (AvgIpc) is 3.11. The normalized spacial score (nSPS) is 25.4. The van der Waals surface area contributed by atoms with Crippen molar-refractivity contribution in [2.24, 2.45) is 5.92 Å². The van der Waals surface area contributed by atoms with Crippen LogP contribution in [0.3, 0.4) is 0 Å². The smallest absolute Gasteiger partial charge is 0.328 e. The summed E-state index contributed by atoms with van der Waals surface area (Å²) in [4.78, 5) is 26.3. The lowest BCUT2D eigenvalue weighted by atomic mass is 10.1. The van der Waals surface area contributed by atoms with Crippen LogP contribution in [0.25, 0.3) is 6.08 Å². The number of hydrogen-bond donors (Lipinski definition) is 1. The molecule has 2 bridgehead atoms. The maximum atomic E-state index is 12.4. The Morgan fingerprint density at radius 1 is 1.37 bits per heavy atom. The zero-order valence-corrected chi connectivity index (χ0v) is 11.2. The number of hydrogen-bond acceptors (Lipinski definition) is 3. The van der Waals surface area contributed by atoms with E-state index in [0.29, 0.717) is 16.8 Å². The molecular weight excluding hydrogens is 262 g/mol. The second kappa shape index (κ2) is 4.81. The molecule has 2 unspecified atom stereocenters. The summed E-state index contributed by atoms with van der Waals surface area (Å²) in [6.07, 6.45) is 6.17. The minimum atomic E-state index is -0.974. The maximum absolute atomic E-state index is 12.4. The van der Waals surface area contributed by atoms with Crippen LogP contribution in [0.5, 0.6) is 0 Å². The second-order valence-corrected chi connectivity index (χ2v) is 6.28. The van der Waals surface area contributed by atoms with Crippen molar-refractivity contribution < 1.29 is 14.7 Å². The Morgan fingerprint density at radius 2 is 2.21 bits per heavy atom. The van der Waals surface area contributed by atoms with Gasteiger partial charge in [0.25, 0.3) is 5.91 Å². The number of nitrogens with zero attached hydrogens (tertiary/aromatic N) is 1. The van der Waals surface area contributed by atoms with Crippen LogP contribution in [0, 0.1) is 5.92 Å². The zero-order valence-electron chi connectivity index (χ0n) is 10.4. The number of fused-ring (bicyclic) bond motifs is 2. The number of carboxylic acid groups (broad SMARTS) is 1. The highest BCUT2D eigenvalue weighted by Crippen LogP contribution is 2.38. The van der Waals surface area contributed by atoms with Crippen LogP contribution in [-0.2, 0) is 4.79 Å². The molecule has 19 heavy (non-hydrogen) atoms. The molecule has 2 heterocycles. The topological polar surface area (TPSA) is 57.6 Å². The average molecular weight is 277 g/mol. The number of thiophene rings is 1. The predicted octanol–water partition coefficient (Wildman–Crippen LogP) is 2.47. The molecule has 2 aliphatic rings. The highest BCUT2D eigenvalue weighted by atomic mass is 32.1. The summed E-state index contributed by atoms with van der Waals surface area (Å²) in [6, 6.07) is 4.02. The van der Waals surface area contributed by atoms with Crippen LogP contribution in [0.15, 0.2) is 18.2 Å². The molecule has 2 atom stereocenters. The number of piperidine rings is 1. The van der Waals surface area contributed by atoms with Crippen molar-refractivity contribution in [2.45, 2.75) is 25.3 Å². The summed E-state index contributed by atoms with van der Waals surface area (Å²) in [5.74, 6) is -0.175. The van der Waals surface area contributed by atoms with Crippen LogP contribution >= 0.6 is 11.3 Å². The Labute approximate surface area is 115 Å². The van der Waals surface area contributed by atoms with E-state index >= 15 is 0 Å². The number of likely N-dealkylation sites (tertiary alicyclic amines) is 1. The van der Waals surface area contributed by atoms with E-state index in [4.69, 9.17) is 5.11 Å². The van der Waals surface area contributed by atoms with Crippen molar-refractivity contribution in [3.8, 4) is 0 Å². The van der Waals surface area contributed by atoms with Crippen molar-refractivity contribution in [3.05, 3.63) is 28.0 Å². The first-order valence-corrected chi connectivity index (χ1v) is 7.27. The zero-order chi connectivity index (χ0) is 13.4. The van der Waals surface area contributed by atoms with Crippen LogP contribution in [0.1, 0.15) is 33.8 Å². The van der Waals surface area contributed by atoms with Gasteiger partial charge in [-0.05, 0) is 43.4 Å². The SMILES string of the molecule is O=C(O)C=Cc1ccc(C(=O)N2CC3CCC2C3)s1. The molecular formula is C14H15NO3S. The molecule has 4 nitrogen and oxygen atoms in total. The molecule has 1 N–H and O–H groups in total. The Kier molecular flexibility index (Phi) is 3.14. The maximum Gasteiger partial charge on any atom is 0.328 e. The molecule has 3 rings (SSSR count). The first kappa shape index (κ1) is 12.4. The highest BCUT2D eigenvalue weighted by molar-refractivity contribution is 7.14. The van der Waals surface area contributed by atoms with Gasteiger partial charge < -0.3 is 10.0 Å². The van der Waals surface area contributed by atoms with Crippen LogP contribution in [0.4, 0.5) is 0 Å². The Balaban J connectivity index is 1.72. The molecule has 2 fully saturated rings. The monoisotopic (exact) mass is 277 g/mol. The van der Waals surface area contributed by atoms with Crippen molar-refractivity contribution in [1.82, 2.24) is 4.90 Å². The Hall–Kier alpha value is -1.62. The molecule has 1 aromatic rings. The fourth-order valence-corrected chi connectivity index (χ4v) is 3.89. The lowest BCUT2D eigenvalue weighted by Crippen LogP contribution is -2.37. The van der Waals surface area contributed by atoms with E-state index in [1.54, 1.807) is 12.1 Å². The number of carbonyl (C=O) groups excluding carboxylic acids is 1. The molecule has 1 saturated carbocycles. The molecule has 1 aromatic heterocycles. The van der Waals surface area contributed by atoms with Gasteiger partial charge >= 0.3 is 5.97 Å². The fourth-order valence-electron chi connectivity index (χ4n) is 3.03. The van der Waals surface area contributed by atoms with E-state index in [-0.39, 0.29) is 5.91 Å². The quantitative estimate of drug-likeness (QED) is 0.863. The largest absolute Gasteiger partial charge is 0.478 e. The van der Waals surface area contributed by atoms with Gasteiger partial charge in [0.15, 0.2) is 0 Å². The fraction of sp³-hybridized carbons (Fsp3) is 0.429. The predicted molar refractivity (Wildman–Crippen MR) is 73.2 cm³/mol. The lowest BCUT2D eigenvalue weighted by molar-refractivity contribution is -0.131. The molecule has 1 aliphatic carbocycles. The number of carboxylic acids is 1. The van der Waals surface area contributed by atoms with E-state index in [2.05, 4.69) is 0 Å². The van der Waals surface area contributed by atoms with Crippen molar-refractivity contribution in [2.75, 3.05) is 6.54 Å². The van der Waals surface area contributed by atoms with Crippen molar-refractivity contribution in [3.63, 3.8) is 0 Å². The summed E-state index contributed by atoms with van der Waals surface area (Å²) >= 11 is 1.36. The van der Waals surface area contributed by atoms with Gasteiger partial charge in [-0.1, -0.05) is 0 Å². The van der Waals surface area contributed by atoms with Crippen LogP contribution in [-0.4, -0.2) is 34.5 Å². The number of carbonyl (C=O) groups is 2. The molecule has 0 radical (unpaired) electrons. The minimum Gasteiger partial charge on any atom is -0.478 e. The summed E-state index contributed by atoms with van der Waals surface area (Å²) in [5, 5.41) is 8.58. The number of amides is 1. The minimum absolute atomic E-state index is 0.104. The van der Waals surface area contributed by atoms with Gasteiger partial charge in [-0.25, -0.2) is 4.79 Å². The second-order valence-electron chi connectivity index (χ2n) is 5.16. The third kappa shape index (κ3) is 2.42. The van der Waals surface area contributed by atoms with Crippen molar-refractivity contribution in [1.29, 1.82) is 0 Å². The first-order chi connectivity index (χ1) is 9.13. The van der Waals surface area contributed by atoms with Gasteiger partial charge in [0, 0.05) is 23.5 Å². The molecule has 1 aliphatic heterocycles. The first-order valence-electron chi connectivity index (χ1n) is 6.45. The van der Waals surface area contributed by atoms with Gasteiger partial charge in [0.1, 0.15) is 0 Å². The van der Waals surface area contributed by atoms with Gasteiger partial charge in [-0.15, -0.1) is 11.3 Å². The van der Waals surface area contributed by atoms with E-state index < -0.39 is 5.97 Å². The van der Waals surface area contributed by atoms with E-state index in [1.165, 1.54) is 23.8 Å². The van der Waals surface area contributed by atoms with Crippen molar-refractivity contribution >= 4 is 29.3 Å². The van der Waals surface area contributed by atoms with Gasteiger partial charge in [0.05, 0.1) is 4.88 Å². The Bertz CT molecular complexity index is 549. The molecule has 5 heteroatoms. The Morgan fingerprint density at radius 3 is 2.84 bits per heavy atom. The van der Waals surface area contributed by atoms with E-state index in [1.807, 2.05) is 4.90 Å². The number of aliphatic carboxylic acids is 1. The third-order valence-corrected chi connectivity index (χ3v) is 4.94. The molecule has 1 amide bonds. The van der Waals surface area contributed by atoms with Gasteiger partial charge in [0.2, 0.25) is 0 Å².